The van der Waals surface area contributed by atoms with Gasteiger partial charge in [-0.2, -0.15) is 5.10 Å². The van der Waals surface area contributed by atoms with Crippen LogP contribution in [0.1, 0.15) is 46.8 Å². The van der Waals surface area contributed by atoms with Crippen LogP contribution < -0.4 is 26.2 Å². The highest BCUT2D eigenvalue weighted by molar-refractivity contribution is 6.40. The van der Waals surface area contributed by atoms with Gasteiger partial charge in [0, 0.05) is 54.4 Å². The van der Waals surface area contributed by atoms with Crippen molar-refractivity contribution in [2.45, 2.75) is 37.8 Å². The van der Waals surface area contributed by atoms with Gasteiger partial charge in [0.1, 0.15) is 5.56 Å². The van der Waals surface area contributed by atoms with E-state index in [9.17, 15) is 14.4 Å². The zero-order valence-corrected chi connectivity index (χ0v) is 26.7. The van der Waals surface area contributed by atoms with Gasteiger partial charge in [0.05, 0.1) is 39.8 Å². The van der Waals surface area contributed by atoms with E-state index in [1.165, 1.54) is 13.2 Å². The number of hydrogen-bond acceptors (Lipinski definition) is 7. The summed E-state index contributed by atoms with van der Waals surface area (Å²) in [5.41, 5.74) is 4.11. The summed E-state index contributed by atoms with van der Waals surface area (Å²) in [5, 5.41) is 13.7. The molecular weight excluding hydrogens is 639 g/mol. The van der Waals surface area contributed by atoms with Crippen molar-refractivity contribution in [3.63, 3.8) is 0 Å². The van der Waals surface area contributed by atoms with Crippen LogP contribution in [0.25, 0.3) is 22.4 Å². The Labute approximate surface area is 274 Å². The van der Waals surface area contributed by atoms with E-state index in [0.717, 1.165) is 35.1 Å². The molecule has 2 aromatic heterocycles. The molecular formula is C32H29Cl3N6O4. The molecule has 2 amide bonds. The maximum atomic E-state index is 13.0. The standard InChI is InChI=1S/C32H29Cl3N6O4/c1-41-32(44)27(21(33)15-37-41)30(43)39-23-8-4-6-19(29(23)35)18-5-3-7-20(28(18)34)24-13-16-9-11-22(26(16)31(40-24)45-2)36-14-17-10-12-25(42)38-17/h3-8,13,15,17,22,36H,9-12,14H2,1-2H3,(H,38,42)(H,39,43). The third kappa shape index (κ3) is 6.03. The minimum atomic E-state index is -0.711. The number of nitrogens with zero attached hydrogens (tertiary/aromatic N) is 3. The van der Waals surface area contributed by atoms with Crippen LogP contribution in [0.2, 0.25) is 15.1 Å². The number of amides is 2. The lowest BCUT2D eigenvalue weighted by molar-refractivity contribution is -0.119. The van der Waals surface area contributed by atoms with Crippen molar-refractivity contribution >= 4 is 52.3 Å². The summed E-state index contributed by atoms with van der Waals surface area (Å²) in [6, 6.07) is 13.0. The number of carbonyl (C=O) groups excluding carboxylic acids is 2. The number of aryl methyl sites for hydroxylation is 2. The topological polar surface area (TPSA) is 127 Å². The van der Waals surface area contributed by atoms with Crippen LogP contribution in [-0.2, 0) is 18.3 Å². The Morgan fingerprint density at radius 1 is 1.04 bits per heavy atom. The van der Waals surface area contributed by atoms with E-state index in [1.54, 1.807) is 25.3 Å². The lowest BCUT2D eigenvalue weighted by atomic mass is 9.99. The van der Waals surface area contributed by atoms with Gasteiger partial charge >= 0.3 is 0 Å². The highest BCUT2D eigenvalue weighted by atomic mass is 35.5. The number of anilines is 1. The molecule has 3 N–H and O–H groups in total. The molecule has 1 fully saturated rings. The number of methoxy groups -OCH3 is 1. The molecule has 2 unspecified atom stereocenters. The number of fused-ring (bicyclic) bond motifs is 1. The lowest BCUT2D eigenvalue weighted by Gasteiger charge is -2.20. The van der Waals surface area contributed by atoms with Crippen LogP contribution in [0, 0.1) is 0 Å². The fourth-order valence-corrected chi connectivity index (χ4v) is 6.71. The Hall–Kier alpha value is -3.96. The second-order valence-corrected chi connectivity index (χ2v) is 12.1. The van der Waals surface area contributed by atoms with E-state index < -0.39 is 11.5 Å². The van der Waals surface area contributed by atoms with Crippen molar-refractivity contribution in [2.24, 2.45) is 7.05 Å². The number of rotatable bonds is 8. The minimum Gasteiger partial charge on any atom is -0.481 e. The van der Waals surface area contributed by atoms with Gasteiger partial charge in [0.15, 0.2) is 0 Å². The summed E-state index contributed by atoms with van der Waals surface area (Å²) >= 11 is 20.0. The Morgan fingerprint density at radius 2 is 1.78 bits per heavy atom. The fourth-order valence-electron chi connectivity index (χ4n) is 5.90. The molecule has 0 spiro atoms. The van der Waals surface area contributed by atoms with Crippen LogP contribution in [-0.4, -0.2) is 46.3 Å². The fraction of sp³-hybridized carbons (Fsp3) is 0.281. The monoisotopic (exact) mass is 666 g/mol. The normalized spacial score (nSPS) is 17.2. The van der Waals surface area contributed by atoms with Gasteiger partial charge in [0.2, 0.25) is 11.8 Å². The molecule has 6 rings (SSSR count). The Morgan fingerprint density at radius 3 is 2.51 bits per heavy atom. The maximum Gasteiger partial charge on any atom is 0.280 e. The minimum absolute atomic E-state index is 0.0646. The number of ether oxygens (including phenoxy) is 1. The summed E-state index contributed by atoms with van der Waals surface area (Å²) in [4.78, 5) is 42.0. The van der Waals surface area contributed by atoms with Crippen molar-refractivity contribution in [1.29, 1.82) is 0 Å². The first-order chi connectivity index (χ1) is 21.7. The second kappa shape index (κ2) is 12.8. The molecule has 3 heterocycles. The lowest BCUT2D eigenvalue weighted by Crippen LogP contribution is -2.36. The molecule has 1 aliphatic carbocycles. The number of pyridine rings is 1. The second-order valence-electron chi connectivity index (χ2n) is 11.0. The average Bonchev–Trinajstić information content (AvgIpc) is 3.64. The van der Waals surface area contributed by atoms with Crippen LogP contribution in [0.5, 0.6) is 5.88 Å². The summed E-state index contributed by atoms with van der Waals surface area (Å²) in [6.45, 7) is 0.682. The first-order valence-corrected chi connectivity index (χ1v) is 15.5. The average molecular weight is 668 g/mol. The number of benzene rings is 2. The first kappa shape index (κ1) is 31.0. The molecule has 2 aromatic carbocycles. The Kier molecular flexibility index (Phi) is 8.83. The van der Waals surface area contributed by atoms with Crippen LogP contribution in [0.15, 0.2) is 53.5 Å². The third-order valence-corrected chi connectivity index (χ3v) is 9.28. The Bertz CT molecular complexity index is 1900. The van der Waals surface area contributed by atoms with Crippen LogP contribution >= 0.6 is 34.8 Å². The molecule has 232 valence electrons. The van der Waals surface area contributed by atoms with Gasteiger partial charge in [-0.1, -0.05) is 65.1 Å². The highest BCUT2D eigenvalue weighted by Crippen LogP contribution is 2.44. The van der Waals surface area contributed by atoms with Crippen molar-refractivity contribution < 1.29 is 14.3 Å². The highest BCUT2D eigenvalue weighted by Gasteiger charge is 2.30. The smallest absolute Gasteiger partial charge is 0.280 e. The molecule has 10 nitrogen and oxygen atoms in total. The molecule has 4 aromatic rings. The largest absolute Gasteiger partial charge is 0.481 e. The van der Waals surface area contributed by atoms with Gasteiger partial charge in [0.25, 0.3) is 11.5 Å². The number of aromatic nitrogens is 3. The van der Waals surface area contributed by atoms with E-state index >= 15 is 0 Å². The van der Waals surface area contributed by atoms with Crippen molar-refractivity contribution in [1.82, 2.24) is 25.4 Å². The zero-order chi connectivity index (χ0) is 31.8. The van der Waals surface area contributed by atoms with Gasteiger partial charge < -0.3 is 20.7 Å². The maximum absolute atomic E-state index is 13.0. The van der Waals surface area contributed by atoms with Crippen LogP contribution in [0.3, 0.4) is 0 Å². The first-order valence-electron chi connectivity index (χ1n) is 14.4. The summed E-state index contributed by atoms with van der Waals surface area (Å²) in [6.07, 6.45) is 4.35. The predicted octanol–water partition coefficient (Wildman–Crippen LogP) is 5.59. The van der Waals surface area contributed by atoms with Crippen molar-refractivity contribution in [3.8, 4) is 28.3 Å². The van der Waals surface area contributed by atoms with E-state index in [2.05, 4.69) is 21.0 Å². The van der Waals surface area contributed by atoms with E-state index in [0.29, 0.717) is 46.3 Å². The molecule has 0 bridgehead atoms. The Balaban J connectivity index is 1.29. The predicted molar refractivity (Wildman–Crippen MR) is 174 cm³/mol. The summed E-state index contributed by atoms with van der Waals surface area (Å²) in [5.74, 6) is -0.0912. The molecule has 2 atom stereocenters. The van der Waals surface area contributed by atoms with Crippen molar-refractivity contribution in [3.05, 3.63) is 90.8 Å². The molecule has 1 saturated heterocycles. The summed E-state index contributed by atoms with van der Waals surface area (Å²) < 4.78 is 6.79. The quantitative estimate of drug-likeness (QED) is 0.224. The van der Waals surface area contributed by atoms with E-state index in [4.69, 9.17) is 44.5 Å². The number of hydrogen-bond donors (Lipinski definition) is 3. The number of nitrogens with one attached hydrogen (secondary N) is 3. The van der Waals surface area contributed by atoms with Crippen LogP contribution in [0.4, 0.5) is 5.69 Å². The van der Waals surface area contributed by atoms with E-state index in [-0.39, 0.29) is 39.3 Å². The molecule has 2 aliphatic rings. The number of halogens is 3. The van der Waals surface area contributed by atoms with E-state index in [1.807, 2.05) is 24.3 Å². The zero-order valence-electron chi connectivity index (χ0n) is 24.4. The molecule has 13 heteroatoms. The summed E-state index contributed by atoms with van der Waals surface area (Å²) in [7, 11) is 3.03. The van der Waals surface area contributed by atoms with Crippen molar-refractivity contribution in [2.75, 3.05) is 19.0 Å². The molecule has 0 radical (unpaired) electrons. The van der Waals surface area contributed by atoms with Gasteiger partial charge in [-0.25, -0.2) is 9.67 Å². The van der Waals surface area contributed by atoms with Gasteiger partial charge in [-0.05, 0) is 37.0 Å². The molecule has 0 saturated carbocycles. The number of carbonyl (C=O) groups is 2. The third-order valence-electron chi connectivity index (χ3n) is 8.18. The SMILES string of the molecule is COc1nc(-c2cccc(-c3cccc(NC(=O)c4c(Cl)cnn(C)c4=O)c3Cl)c2Cl)cc2c1C(NCC1CCC(=O)N1)CC2. The van der Waals surface area contributed by atoms with Gasteiger partial charge in [-0.15, -0.1) is 0 Å². The van der Waals surface area contributed by atoms with Gasteiger partial charge in [-0.3, -0.25) is 14.4 Å². The molecule has 45 heavy (non-hydrogen) atoms. The molecule has 1 aliphatic heterocycles.